The number of carbonyl (C=O) groups excluding carboxylic acids is 1. The zero-order valence-electron chi connectivity index (χ0n) is 10.0. The van der Waals surface area contributed by atoms with E-state index in [0.29, 0.717) is 0 Å². The van der Waals surface area contributed by atoms with Gasteiger partial charge in [-0.15, -0.1) is 0 Å². The van der Waals surface area contributed by atoms with Crippen molar-refractivity contribution in [2.45, 2.75) is 12.5 Å². The molecule has 17 heavy (non-hydrogen) atoms. The number of nitrogens with zero attached hydrogens (tertiary/aromatic N) is 1. The second kappa shape index (κ2) is 5.72. The van der Waals surface area contributed by atoms with Gasteiger partial charge >= 0.3 is 5.97 Å². The molecule has 94 valence electrons. The first-order valence-electron chi connectivity index (χ1n) is 5.14. The predicted octanol–water partition coefficient (Wildman–Crippen LogP) is 2.13. The van der Waals surface area contributed by atoms with Crippen molar-refractivity contribution in [3.63, 3.8) is 0 Å². The SMILES string of the molecule is COC(=O)CC(c1ccc(F)cc1F)N(C)C. The highest BCUT2D eigenvalue weighted by Crippen LogP contribution is 2.25. The number of esters is 1. The van der Waals surface area contributed by atoms with Crippen LogP contribution >= 0.6 is 0 Å². The number of benzene rings is 1. The topological polar surface area (TPSA) is 29.5 Å². The molecule has 0 heterocycles. The molecule has 1 aromatic rings. The third-order valence-electron chi connectivity index (χ3n) is 2.53. The van der Waals surface area contributed by atoms with Gasteiger partial charge in [0.1, 0.15) is 11.6 Å². The summed E-state index contributed by atoms with van der Waals surface area (Å²) >= 11 is 0. The van der Waals surface area contributed by atoms with Gasteiger partial charge in [0.25, 0.3) is 0 Å². The van der Waals surface area contributed by atoms with E-state index in [1.54, 1.807) is 19.0 Å². The maximum absolute atomic E-state index is 13.6. The van der Waals surface area contributed by atoms with E-state index in [0.717, 1.165) is 6.07 Å². The number of hydrogen-bond donors (Lipinski definition) is 0. The fraction of sp³-hybridized carbons (Fsp3) is 0.417. The quantitative estimate of drug-likeness (QED) is 0.759. The normalized spacial score (nSPS) is 12.6. The summed E-state index contributed by atoms with van der Waals surface area (Å²) in [4.78, 5) is 12.9. The molecule has 0 spiro atoms. The van der Waals surface area contributed by atoms with Gasteiger partial charge in [0.05, 0.1) is 13.5 Å². The first kappa shape index (κ1) is 13.6. The lowest BCUT2D eigenvalue weighted by Crippen LogP contribution is -2.24. The van der Waals surface area contributed by atoms with Crippen LogP contribution in [0.1, 0.15) is 18.0 Å². The van der Waals surface area contributed by atoms with Crippen LogP contribution in [0.5, 0.6) is 0 Å². The van der Waals surface area contributed by atoms with E-state index >= 15 is 0 Å². The molecule has 0 radical (unpaired) electrons. The lowest BCUT2D eigenvalue weighted by molar-refractivity contribution is -0.141. The number of rotatable bonds is 4. The Hall–Kier alpha value is -1.49. The van der Waals surface area contributed by atoms with Crippen molar-refractivity contribution in [2.24, 2.45) is 0 Å². The number of carbonyl (C=O) groups is 1. The van der Waals surface area contributed by atoms with Crippen LogP contribution < -0.4 is 0 Å². The average molecular weight is 243 g/mol. The van der Waals surface area contributed by atoms with E-state index in [9.17, 15) is 13.6 Å². The molecule has 0 amide bonds. The summed E-state index contributed by atoms with van der Waals surface area (Å²) in [6.07, 6.45) is 0.0199. The standard InChI is InChI=1S/C12H15F2NO2/c1-15(2)11(7-12(16)17-3)9-5-4-8(13)6-10(9)14/h4-6,11H,7H2,1-3H3. The summed E-state index contributed by atoms with van der Waals surface area (Å²) in [7, 11) is 4.71. The van der Waals surface area contributed by atoms with Gasteiger partial charge in [-0.05, 0) is 20.2 Å². The van der Waals surface area contributed by atoms with Gasteiger partial charge in [0.2, 0.25) is 0 Å². The molecule has 1 atom stereocenters. The summed E-state index contributed by atoms with van der Waals surface area (Å²) in [5.74, 6) is -1.73. The fourth-order valence-electron chi connectivity index (χ4n) is 1.58. The van der Waals surface area contributed by atoms with Gasteiger partial charge < -0.3 is 9.64 Å². The molecular formula is C12H15F2NO2. The second-order valence-corrected chi connectivity index (χ2v) is 3.93. The minimum atomic E-state index is -0.660. The van der Waals surface area contributed by atoms with Crippen LogP contribution in [-0.2, 0) is 9.53 Å². The first-order chi connectivity index (χ1) is 7.95. The van der Waals surface area contributed by atoms with Crippen molar-refractivity contribution < 1.29 is 18.3 Å². The van der Waals surface area contributed by atoms with Crippen LogP contribution in [0.3, 0.4) is 0 Å². The van der Waals surface area contributed by atoms with Gasteiger partial charge in [-0.25, -0.2) is 8.78 Å². The number of ether oxygens (including phenoxy) is 1. The molecule has 0 bridgehead atoms. The van der Waals surface area contributed by atoms with E-state index in [4.69, 9.17) is 0 Å². The minimum absolute atomic E-state index is 0.0199. The monoisotopic (exact) mass is 243 g/mol. The van der Waals surface area contributed by atoms with Crippen LogP contribution in [0.2, 0.25) is 0 Å². The van der Waals surface area contributed by atoms with Crippen molar-refractivity contribution >= 4 is 5.97 Å². The molecule has 0 saturated carbocycles. The summed E-state index contributed by atoms with van der Waals surface area (Å²) in [6, 6.07) is 2.86. The molecule has 0 fully saturated rings. The maximum Gasteiger partial charge on any atom is 0.307 e. The van der Waals surface area contributed by atoms with Crippen LogP contribution in [-0.4, -0.2) is 32.1 Å². The Balaban J connectivity index is 3.01. The molecule has 0 aromatic heterocycles. The molecule has 3 nitrogen and oxygen atoms in total. The summed E-state index contributed by atoms with van der Waals surface area (Å²) < 4.78 is 30.9. The third kappa shape index (κ3) is 3.49. The Kier molecular flexibility index (Phi) is 4.57. The van der Waals surface area contributed by atoms with Crippen LogP contribution in [0.15, 0.2) is 18.2 Å². The van der Waals surface area contributed by atoms with Gasteiger partial charge in [-0.2, -0.15) is 0 Å². The van der Waals surface area contributed by atoms with Crippen LogP contribution in [0.25, 0.3) is 0 Å². The predicted molar refractivity (Wildman–Crippen MR) is 59.4 cm³/mol. The maximum atomic E-state index is 13.6. The highest BCUT2D eigenvalue weighted by molar-refractivity contribution is 5.70. The molecule has 1 rings (SSSR count). The van der Waals surface area contributed by atoms with E-state index in [-0.39, 0.29) is 12.0 Å². The number of hydrogen-bond acceptors (Lipinski definition) is 3. The van der Waals surface area contributed by atoms with Crippen molar-refractivity contribution in [2.75, 3.05) is 21.2 Å². The van der Waals surface area contributed by atoms with E-state index in [2.05, 4.69) is 4.74 Å². The molecule has 0 aliphatic heterocycles. The van der Waals surface area contributed by atoms with E-state index in [1.165, 1.54) is 19.2 Å². The van der Waals surface area contributed by atoms with Gasteiger partial charge in [-0.1, -0.05) is 6.07 Å². The Bertz CT molecular complexity index is 407. The Labute approximate surface area is 99.0 Å². The van der Waals surface area contributed by atoms with Crippen LogP contribution in [0, 0.1) is 11.6 Å². The summed E-state index contributed by atoms with van der Waals surface area (Å²) in [5, 5.41) is 0. The van der Waals surface area contributed by atoms with E-state index < -0.39 is 23.6 Å². The molecule has 1 unspecified atom stereocenters. The smallest absolute Gasteiger partial charge is 0.307 e. The Morgan fingerprint density at radius 2 is 2.06 bits per heavy atom. The molecule has 0 saturated heterocycles. The molecule has 0 aliphatic rings. The van der Waals surface area contributed by atoms with Crippen molar-refractivity contribution in [1.82, 2.24) is 4.90 Å². The van der Waals surface area contributed by atoms with Crippen molar-refractivity contribution in [3.8, 4) is 0 Å². The van der Waals surface area contributed by atoms with Crippen LogP contribution in [0.4, 0.5) is 8.78 Å². The average Bonchev–Trinajstić information content (AvgIpc) is 2.26. The molecule has 1 aromatic carbocycles. The fourth-order valence-corrected chi connectivity index (χ4v) is 1.58. The number of halogens is 2. The largest absolute Gasteiger partial charge is 0.469 e. The lowest BCUT2D eigenvalue weighted by atomic mass is 10.0. The van der Waals surface area contributed by atoms with Crippen molar-refractivity contribution in [1.29, 1.82) is 0 Å². The summed E-state index contributed by atoms with van der Waals surface area (Å²) in [6.45, 7) is 0. The zero-order valence-corrected chi connectivity index (χ0v) is 10.0. The van der Waals surface area contributed by atoms with Gasteiger partial charge in [0, 0.05) is 17.7 Å². The first-order valence-corrected chi connectivity index (χ1v) is 5.14. The third-order valence-corrected chi connectivity index (χ3v) is 2.53. The molecular weight excluding hydrogens is 228 g/mol. The van der Waals surface area contributed by atoms with Crippen molar-refractivity contribution in [3.05, 3.63) is 35.4 Å². The summed E-state index contributed by atoms with van der Waals surface area (Å²) in [5.41, 5.74) is 0.279. The van der Waals surface area contributed by atoms with E-state index in [1.807, 2.05) is 0 Å². The van der Waals surface area contributed by atoms with Gasteiger partial charge in [0.15, 0.2) is 0 Å². The Morgan fingerprint density at radius 1 is 1.41 bits per heavy atom. The highest BCUT2D eigenvalue weighted by Gasteiger charge is 2.22. The Morgan fingerprint density at radius 3 is 2.53 bits per heavy atom. The molecule has 0 N–H and O–H groups in total. The lowest BCUT2D eigenvalue weighted by Gasteiger charge is -2.24. The number of methoxy groups -OCH3 is 1. The molecule has 5 heteroatoms. The molecule has 0 aliphatic carbocycles. The zero-order chi connectivity index (χ0) is 13.0. The van der Waals surface area contributed by atoms with Gasteiger partial charge in [-0.3, -0.25) is 4.79 Å². The minimum Gasteiger partial charge on any atom is -0.469 e. The second-order valence-electron chi connectivity index (χ2n) is 3.93. The highest BCUT2D eigenvalue weighted by atomic mass is 19.1.